The zero-order chi connectivity index (χ0) is 12.2. The smallest absolute Gasteiger partial charge is 0.235 e. The fourth-order valence-corrected chi connectivity index (χ4v) is 1.81. The van der Waals surface area contributed by atoms with E-state index in [0.29, 0.717) is 5.92 Å². The third-order valence-corrected chi connectivity index (χ3v) is 3.24. The summed E-state index contributed by atoms with van der Waals surface area (Å²) < 4.78 is 26.9. The summed E-state index contributed by atoms with van der Waals surface area (Å²) in [4.78, 5) is 0. The summed E-state index contributed by atoms with van der Waals surface area (Å²) in [5.41, 5.74) is 1.06. The van der Waals surface area contributed by atoms with Gasteiger partial charge in [0.05, 0.1) is 5.75 Å². The van der Waals surface area contributed by atoms with Crippen LogP contribution >= 0.6 is 10.7 Å². The molecular formula is C11H15ClO3S. The maximum atomic E-state index is 10.7. The molecule has 0 amide bonds. The van der Waals surface area contributed by atoms with E-state index in [2.05, 4.69) is 13.8 Å². The number of para-hydroxylation sites is 1. The molecule has 0 aliphatic heterocycles. The van der Waals surface area contributed by atoms with Gasteiger partial charge in [-0.3, -0.25) is 0 Å². The van der Waals surface area contributed by atoms with E-state index >= 15 is 0 Å². The highest BCUT2D eigenvalue weighted by atomic mass is 35.7. The minimum Gasteiger partial charge on any atom is -0.492 e. The summed E-state index contributed by atoms with van der Waals surface area (Å²) in [5.74, 6) is 0.877. The van der Waals surface area contributed by atoms with Crippen LogP contribution < -0.4 is 4.74 Å². The van der Waals surface area contributed by atoms with Crippen LogP contribution in [0.4, 0.5) is 0 Å². The van der Waals surface area contributed by atoms with E-state index in [4.69, 9.17) is 15.4 Å². The van der Waals surface area contributed by atoms with Crippen LogP contribution in [-0.2, 0) is 9.05 Å². The van der Waals surface area contributed by atoms with Gasteiger partial charge in [0.1, 0.15) is 12.4 Å². The van der Waals surface area contributed by atoms with Crippen LogP contribution in [0.3, 0.4) is 0 Å². The molecule has 16 heavy (non-hydrogen) atoms. The minimum atomic E-state index is -3.48. The molecule has 0 aliphatic carbocycles. The standard InChI is InChI=1S/C11H15ClO3S/c1-9(2)10-5-3-4-6-11(10)15-7-8-16(12,13)14/h3-6,9H,7-8H2,1-2H3. The average Bonchev–Trinajstić information content (AvgIpc) is 2.16. The van der Waals surface area contributed by atoms with Gasteiger partial charge in [-0.2, -0.15) is 0 Å². The highest BCUT2D eigenvalue weighted by molar-refractivity contribution is 8.13. The Balaban J connectivity index is 2.67. The first-order chi connectivity index (χ1) is 7.40. The molecule has 3 nitrogen and oxygen atoms in total. The maximum absolute atomic E-state index is 10.7. The van der Waals surface area contributed by atoms with Gasteiger partial charge in [0.15, 0.2) is 0 Å². The molecule has 5 heteroatoms. The van der Waals surface area contributed by atoms with E-state index in [1.165, 1.54) is 0 Å². The zero-order valence-electron chi connectivity index (χ0n) is 9.31. The van der Waals surface area contributed by atoms with Crippen LogP contribution in [0.5, 0.6) is 5.75 Å². The Morgan fingerprint density at radius 1 is 1.31 bits per heavy atom. The number of ether oxygens (including phenoxy) is 1. The number of hydrogen-bond acceptors (Lipinski definition) is 3. The lowest BCUT2D eigenvalue weighted by molar-refractivity contribution is 0.336. The van der Waals surface area contributed by atoms with Crippen molar-refractivity contribution in [3.8, 4) is 5.75 Å². The highest BCUT2D eigenvalue weighted by Gasteiger charge is 2.09. The number of halogens is 1. The van der Waals surface area contributed by atoms with Gasteiger partial charge >= 0.3 is 0 Å². The molecule has 0 saturated carbocycles. The van der Waals surface area contributed by atoms with Crippen LogP contribution in [0.1, 0.15) is 25.3 Å². The first-order valence-corrected chi connectivity index (χ1v) is 7.52. The minimum absolute atomic E-state index is 0.0789. The Morgan fingerprint density at radius 2 is 1.94 bits per heavy atom. The molecule has 0 aliphatic rings. The van der Waals surface area contributed by atoms with E-state index < -0.39 is 9.05 Å². The molecule has 0 aromatic heterocycles. The van der Waals surface area contributed by atoms with Gasteiger partial charge < -0.3 is 4.74 Å². The van der Waals surface area contributed by atoms with Crippen molar-refractivity contribution < 1.29 is 13.2 Å². The number of rotatable bonds is 5. The Bertz CT molecular complexity index is 440. The first kappa shape index (κ1) is 13.3. The van der Waals surface area contributed by atoms with E-state index in [1.54, 1.807) is 0 Å². The van der Waals surface area contributed by atoms with Crippen LogP contribution in [-0.4, -0.2) is 20.8 Å². The topological polar surface area (TPSA) is 43.4 Å². The van der Waals surface area contributed by atoms with Crippen molar-refractivity contribution in [2.45, 2.75) is 19.8 Å². The van der Waals surface area contributed by atoms with Crippen molar-refractivity contribution in [1.29, 1.82) is 0 Å². The Labute approximate surface area is 101 Å². The largest absolute Gasteiger partial charge is 0.492 e. The van der Waals surface area contributed by atoms with E-state index in [9.17, 15) is 8.42 Å². The lowest BCUT2D eigenvalue weighted by Crippen LogP contribution is -2.10. The van der Waals surface area contributed by atoms with Gasteiger partial charge in [0.25, 0.3) is 0 Å². The molecule has 0 heterocycles. The molecule has 0 spiro atoms. The second-order valence-corrected chi connectivity index (χ2v) is 6.68. The van der Waals surface area contributed by atoms with E-state index in [0.717, 1.165) is 11.3 Å². The molecule has 0 saturated heterocycles. The number of hydrogen-bond donors (Lipinski definition) is 0. The molecule has 1 aromatic rings. The molecule has 0 fully saturated rings. The average molecular weight is 263 g/mol. The van der Waals surface area contributed by atoms with Crippen LogP contribution in [0.2, 0.25) is 0 Å². The third kappa shape index (κ3) is 4.41. The van der Waals surface area contributed by atoms with Gasteiger partial charge in [-0.15, -0.1) is 0 Å². The molecule has 1 rings (SSSR count). The Hall–Kier alpha value is -0.740. The van der Waals surface area contributed by atoms with Crippen molar-refractivity contribution in [2.24, 2.45) is 0 Å². The van der Waals surface area contributed by atoms with E-state index in [1.807, 2.05) is 24.3 Å². The zero-order valence-corrected chi connectivity index (χ0v) is 10.9. The number of benzene rings is 1. The van der Waals surface area contributed by atoms with Crippen molar-refractivity contribution in [1.82, 2.24) is 0 Å². The fraction of sp³-hybridized carbons (Fsp3) is 0.455. The van der Waals surface area contributed by atoms with Crippen molar-refractivity contribution in [2.75, 3.05) is 12.4 Å². The lowest BCUT2D eigenvalue weighted by atomic mass is 10.0. The molecule has 0 unspecified atom stereocenters. The van der Waals surface area contributed by atoms with E-state index in [-0.39, 0.29) is 12.4 Å². The van der Waals surface area contributed by atoms with Crippen molar-refractivity contribution >= 4 is 19.7 Å². The monoisotopic (exact) mass is 262 g/mol. The normalized spacial score (nSPS) is 11.8. The summed E-state index contributed by atoms with van der Waals surface area (Å²) in [5, 5.41) is 0. The SMILES string of the molecule is CC(C)c1ccccc1OCCS(=O)(=O)Cl. The fourth-order valence-electron chi connectivity index (χ4n) is 1.34. The van der Waals surface area contributed by atoms with Crippen molar-refractivity contribution in [3.05, 3.63) is 29.8 Å². The molecule has 1 aromatic carbocycles. The molecule has 0 N–H and O–H groups in total. The molecule has 0 bridgehead atoms. The Kier molecular flexibility index (Phi) is 4.62. The van der Waals surface area contributed by atoms with Gasteiger partial charge in [-0.05, 0) is 17.5 Å². The van der Waals surface area contributed by atoms with Crippen LogP contribution in [0.15, 0.2) is 24.3 Å². The second-order valence-electron chi connectivity index (χ2n) is 3.78. The summed E-state index contributed by atoms with van der Waals surface area (Å²) >= 11 is 0. The third-order valence-electron chi connectivity index (χ3n) is 2.13. The molecule has 0 radical (unpaired) electrons. The highest BCUT2D eigenvalue weighted by Crippen LogP contribution is 2.25. The first-order valence-electron chi connectivity index (χ1n) is 5.04. The summed E-state index contributed by atoms with van der Waals surface area (Å²) in [6.07, 6.45) is 0. The Morgan fingerprint density at radius 3 is 2.50 bits per heavy atom. The predicted octanol–water partition coefficient (Wildman–Crippen LogP) is 2.76. The molecule has 0 atom stereocenters. The van der Waals surface area contributed by atoms with Gasteiger partial charge in [0.2, 0.25) is 9.05 Å². The predicted molar refractivity (Wildman–Crippen MR) is 65.7 cm³/mol. The summed E-state index contributed by atoms with van der Waals surface area (Å²) in [6.45, 7) is 4.19. The van der Waals surface area contributed by atoms with Gasteiger partial charge in [-0.25, -0.2) is 8.42 Å². The quantitative estimate of drug-likeness (QED) is 0.767. The van der Waals surface area contributed by atoms with Crippen LogP contribution in [0, 0.1) is 0 Å². The molecular weight excluding hydrogens is 248 g/mol. The van der Waals surface area contributed by atoms with Gasteiger partial charge in [-0.1, -0.05) is 32.0 Å². The van der Waals surface area contributed by atoms with Gasteiger partial charge in [0, 0.05) is 10.7 Å². The van der Waals surface area contributed by atoms with Crippen LogP contribution in [0.25, 0.3) is 0 Å². The lowest BCUT2D eigenvalue weighted by Gasteiger charge is -2.13. The molecule has 90 valence electrons. The maximum Gasteiger partial charge on any atom is 0.235 e. The van der Waals surface area contributed by atoms with Crippen molar-refractivity contribution in [3.63, 3.8) is 0 Å². The summed E-state index contributed by atoms with van der Waals surface area (Å²) in [7, 11) is 1.61. The summed E-state index contributed by atoms with van der Waals surface area (Å²) in [6, 6.07) is 7.59. The second kappa shape index (κ2) is 5.55.